The Morgan fingerprint density at radius 3 is 2.92 bits per heavy atom. The largest absolute Gasteiger partial charge is 0.495 e. The quantitative estimate of drug-likeness (QED) is 0.664. The van der Waals surface area contributed by atoms with Crippen LogP contribution >= 0.6 is 0 Å². The van der Waals surface area contributed by atoms with E-state index < -0.39 is 0 Å². The normalized spacial score (nSPS) is 19.3. The predicted octanol–water partition coefficient (Wildman–Crippen LogP) is 1.88. The molecular weight excluding hydrogens is 152 g/mol. The first-order valence-electron chi connectivity index (χ1n) is 4.01. The summed E-state index contributed by atoms with van der Waals surface area (Å²) >= 11 is 0. The first kappa shape index (κ1) is 7.28. The van der Waals surface area contributed by atoms with Crippen LogP contribution in [0.15, 0.2) is 18.2 Å². The maximum absolute atomic E-state index is 5.20. The molecule has 2 N–H and O–H groups in total. The third kappa shape index (κ3) is 0.978. The lowest BCUT2D eigenvalue weighted by atomic mass is 10.2. The van der Waals surface area contributed by atoms with Gasteiger partial charge < -0.3 is 15.4 Å². The molecule has 1 aromatic carbocycles. The number of ether oxygens (including phenoxy) is 1. The van der Waals surface area contributed by atoms with E-state index in [2.05, 4.69) is 17.6 Å². The maximum Gasteiger partial charge on any atom is 0.144 e. The van der Waals surface area contributed by atoms with Crippen LogP contribution in [0, 0.1) is 0 Å². The molecule has 0 radical (unpaired) electrons. The first-order valence-corrected chi connectivity index (χ1v) is 4.01. The first-order chi connectivity index (χ1) is 5.81. The molecule has 0 aliphatic carbocycles. The topological polar surface area (TPSA) is 33.3 Å². The summed E-state index contributed by atoms with van der Waals surface area (Å²) in [5.41, 5.74) is 2.18. The zero-order valence-electron chi connectivity index (χ0n) is 7.22. The van der Waals surface area contributed by atoms with Gasteiger partial charge in [0.15, 0.2) is 0 Å². The fraction of sp³-hybridized carbons (Fsp3) is 0.333. The number of nitrogens with one attached hydrogen (secondary N) is 2. The summed E-state index contributed by atoms with van der Waals surface area (Å²) in [5.74, 6) is 0.893. The molecule has 64 valence electrons. The monoisotopic (exact) mass is 164 g/mol. The Morgan fingerprint density at radius 1 is 1.33 bits per heavy atom. The highest BCUT2D eigenvalue weighted by molar-refractivity contribution is 5.80. The highest BCUT2D eigenvalue weighted by atomic mass is 16.5. The van der Waals surface area contributed by atoms with Gasteiger partial charge in [-0.2, -0.15) is 0 Å². The van der Waals surface area contributed by atoms with E-state index in [1.807, 2.05) is 18.2 Å². The fourth-order valence-electron chi connectivity index (χ4n) is 1.46. The van der Waals surface area contributed by atoms with Gasteiger partial charge in [-0.1, -0.05) is 6.07 Å². The highest BCUT2D eigenvalue weighted by Gasteiger charge is 2.18. The van der Waals surface area contributed by atoms with Gasteiger partial charge in [0.2, 0.25) is 0 Å². The van der Waals surface area contributed by atoms with Gasteiger partial charge in [-0.25, -0.2) is 0 Å². The van der Waals surface area contributed by atoms with Crippen molar-refractivity contribution in [2.24, 2.45) is 0 Å². The van der Waals surface area contributed by atoms with Crippen LogP contribution in [0.25, 0.3) is 0 Å². The van der Waals surface area contributed by atoms with Crippen LogP contribution in [0.2, 0.25) is 0 Å². The van der Waals surface area contributed by atoms with E-state index in [1.165, 1.54) is 0 Å². The summed E-state index contributed by atoms with van der Waals surface area (Å²) in [4.78, 5) is 0. The summed E-state index contributed by atoms with van der Waals surface area (Å²) in [5, 5.41) is 6.56. The van der Waals surface area contributed by atoms with Crippen molar-refractivity contribution in [3.8, 4) is 5.75 Å². The van der Waals surface area contributed by atoms with Gasteiger partial charge >= 0.3 is 0 Å². The van der Waals surface area contributed by atoms with Crippen LogP contribution in [0.1, 0.15) is 6.92 Å². The SMILES string of the molecule is COc1cccc2c1NC(C)N2. The van der Waals surface area contributed by atoms with E-state index in [1.54, 1.807) is 7.11 Å². The standard InChI is InChI=1S/C9H12N2O/c1-6-10-7-4-3-5-8(12-2)9(7)11-6/h3-6,10-11H,1-2H3. The molecule has 0 amide bonds. The Morgan fingerprint density at radius 2 is 2.17 bits per heavy atom. The van der Waals surface area contributed by atoms with Gasteiger partial charge in [0.05, 0.1) is 19.0 Å². The molecule has 1 unspecified atom stereocenters. The number of benzene rings is 1. The van der Waals surface area contributed by atoms with Crippen LogP contribution in [0.4, 0.5) is 11.4 Å². The van der Waals surface area contributed by atoms with Gasteiger partial charge in [-0.15, -0.1) is 0 Å². The van der Waals surface area contributed by atoms with Crippen LogP contribution in [-0.2, 0) is 0 Å². The summed E-state index contributed by atoms with van der Waals surface area (Å²) in [6.45, 7) is 2.07. The minimum absolute atomic E-state index is 0.288. The zero-order valence-corrected chi connectivity index (χ0v) is 7.22. The Balaban J connectivity index is 2.44. The molecule has 0 bridgehead atoms. The number of anilines is 2. The van der Waals surface area contributed by atoms with E-state index in [-0.39, 0.29) is 6.17 Å². The summed E-state index contributed by atoms with van der Waals surface area (Å²) in [7, 11) is 1.68. The number of hydrogen-bond donors (Lipinski definition) is 2. The van der Waals surface area contributed by atoms with Crippen LogP contribution < -0.4 is 15.4 Å². The Labute approximate surface area is 71.7 Å². The average Bonchev–Trinajstić information content (AvgIpc) is 2.44. The van der Waals surface area contributed by atoms with Crippen LogP contribution in [0.3, 0.4) is 0 Å². The fourth-order valence-corrected chi connectivity index (χ4v) is 1.46. The molecule has 1 atom stereocenters. The molecule has 0 saturated heterocycles. The molecule has 12 heavy (non-hydrogen) atoms. The summed E-state index contributed by atoms with van der Waals surface area (Å²) in [6, 6.07) is 5.96. The average molecular weight is 164 g/mol. The van der Waals surface area contributed by atoms with Crippen molar-refractivity contribution in [1.29, 1.82) is 0 Å². The molecule has 0 aromatic heterocycles. The lowest BCUT2D eigenvalue weighted by molar-refractivity contribution is 0.417. The third-order valence-electron chi connectivity index (χ3n) is 1.98. The molecule has 1 aromatic rings. The van der Waals surface area contributed by atoms with E-state index >= 15 is 0 Å². The van der Waals surface area contributed by atoms with E-state index in [9.17, 15) is 0 Å². The number of methoxy groups -OCH3 is 1. The highest BCUT2D eigenvalue weighted by Crippen LogP contribution is 2.36. The van der Waals surface area contributed by atoms with Crippen LogP contribution in [-0.4, -0.2) is 13.3 Å². The van der Waals surface area contributed by atoms with Gasteiger partial charge in [0.25, 0.3) is 0 Å². The van der Waals surface area contributed by atoms with Crippen molar-refractivity contribution in [1.82, 2.24) is 0 Å². The van der Waals surface area contributed by atoms with Gasteiger partial charge in [-0.05, 0) is 19.1 Å². The Hall–Kier alpha value is -1.38. The van der Waals surface area contributed by atoms with E-state index in [0.717, 1.165) is 17.1 Å². The molecule has 0 fully saturated rings. The molecule has 3 nitrogen and oxygen atoms in total. The van der Waals surface area contributed by atoms with Crippen molar-refractivity contribution >= 4 is 11.4 Å². The van der Waals surface area contributed by atoms with Crippen molar-refractivity contribution in [2.45, 2.75) is 13.1 Å². The second kappa shape index (κ2) is 2.59. The van der Waals surface area contributed by atoms with Gasteiger partial charge in [0, 0.05) is 0 Å². The lowest BCUT2D eigenvalue weighted by Gasteiger charge is -2.05. The van der Waals surface area contributed by atoms with E-state index in [4.69, 9.17) is 4.74 Å². The third-order valence-corrected chi connectivity index (χ3v) is 1.98. The number of hydrogen-bond acceptors (Lipinski definition) is 3. The minimum atomic E-state index is 0.288. The van der Waals surface area contributed by atoms with Crippen molar-refractivity contribution in [2.75, 3.05) is 17.7 Å². The molecule has 0 spiro atoms. The summed E-state index contributed by atoms with van der Waals surface area (Å²) < 4.78 is 5.20. The van der Waals surface area contributed by atoms with Crippen LogP contribution in [0.5, 0.6) is 5.75 Å². The zero-order chi connectivity index (χ0) is 8.55. The number of rotatable bonds is 1. The minimum Gasteiger partial charge on any atom is -0.495 e. The second-order valence-corrected chi connectivity index (χ2v) is 2.89. The lowest BCUT2D eigenvalue weighted by Crippen LogP contribution is -2.16. The van der Waals surface area contributed by atoms with Crippen molar-refractivity contribution in [3.05, 3.63) is 18.2 Å². The molecule has 1 heterocycles. The molecular formula is C9H12N2O. The van der Waals surface area contributed by atoms with Gasteiger partial charge in [0.1, 0.15) is 11.4 Å². The summed E-state index contributed by atoms with van der Waals surface area (Å²) in [6.07, 6.45) is 0.288. The molecule has 2 rings (SSSR count). The predicted molar refractivity (Wildman–Crippen MR) is 49.7 cm³/mol. The van der Waals surface area contributed by atoms with Crippen molar-refractivity contribution in [3.63, 3.8) is 0 Å². The molecule has 1 aliphatic heterocycles. The number of para-hydroxylation sites is 1. The molecule has 0 saturated carbocycles. The Bertz CT molecular complexity index is 299. The smallest absolute Gasteiger partial charge is 0.144 e. The van der Waals surface area contributed by atoms with Crippen molar-refractivity contribution < 1.29 is 4.74 Å². The molecule has 1 aliphatic rings. The van der Waals surface area contributed by atoms with E-state index in [0.29, 0.717) is 0 Å². The molecule has 3 heteroatoms. The maximum atomic E-state index is 5.20. The van der Waals surface area contributed by atoms with Gasteiger partial charge in [-0.3, -0.25) is 0 Å². The Kier molecular flexibility index (Phi) is 1.57. The number of fused-ring (bicyclic) bond motifs is 1. The second-order valence-electron chi connectivity index (χ2n) is 2.89.